The molecule has 1 fully saturated rings. The number of carbonyl (C=O) groups excluding carboxylic acids is 1. The van der Waals surface area contributed by atoms with Crippen molar-refractivity contribution in [3.8, 4) is 0 Å². The number of rotatable bonds is 4. The Balaban J connectivity index is 1.46. The maximum absolute atomic E-state index is 13.0. The highest BCUT2D eigenvalue weighted by molar-refractivity contribution is 7.89. The van der Waals surface area contributed by atoms with Gasteiger partial charge in [-0.1, -0.05) is 41.0 Å². The van der Waals surface area contributed by atoms with Crippen molar-refractivity contribution in [2.75, 3.05) is 18.4 Å². The zero-order valence-corrected chi connectivity index (χ0v) is 17.1. The summed E-state index contributed by atoms with van der Waals surface area (Å²) in [5, 5.41) is 7.23. The second kappa shape index (κ2) is 7.78. The van der Waals surface area contributed by atoms with Gasteiger partial charge in [-0.2, -0.15) is 4.31 Å². The number of halogens is 1. The zero-order chi connectivity index (χ0) is 20.5. The first-order valence-electron chi connectivity index (χ1n) is 9.25. The van der Waals surface area contributed by atoms with Crippen molar-refractivity contribution in [1.29, 1.82) is 0 Å². The predicted octanol–water partition coefficient (Wildman–Crippen LogP) is 3.28. The number of amides is 1. The molecule has 0 bridgehead atoms. The fourth-order valence-corrected chi connectivity index (χ4v) is 5.40. The third kappa shape index (κ3) is 4.14. The van der Waals surface area contributed by atoms with Crippen LogP contribution in [0.4, 0.5) is 5.69 Å². The summed E-state index contributed by atoms with van der Waals surface area (Å²) in [5.41, 5.74) is -0.0202. The molecule has 0 radical (unpaired) electrons. The van der Waals surface area contributed by atoms with Crippen molar-refractivity contribution in [1.82, 2.24) is 4.31 Å². The smallest absolute Gasteiger partial charge is 0.273 e. The molecular formula is C20H20ClN3O4S. The van der Waals surface area contributed by atoms with Gasteiger partial charge < -0.3 is 10.2 Å². The van der Waals surface area contributed by atoms with E-state index in [9.17, 15) is 13.2 Å². The lowest BCUT2D eigenvalue weighted by atomic mass is 9.89. The van der Waals surface area contributed by atoms with E-state index in [4.69, 9.17) is 16.4 Å². The minimum Gasteiger partial charge on any atom is -0.387 e. The van der Waals surface area contributed by atoms with Crippen LogP contribution in [0.25, 0.3) is 0 Å². The number of nitrogens with zero attached hydrogens (tertiary/aromatic N) is 2. The minimum atomic E-state index is -3.63. The highest BCUT2D eigenvalue weighted by Gasteiger charge is 2.47. The molecular weight excluding hydrogens is 414 g/mol. The molecule has 0 aliphatic carbocycles. The summed E-state index contributed by atoms with van der Waals surface area (Å²) in [5.74, 6) is -0.382. The number of hydrogen-bond donors (Lipinski definition) is 1. The Morgan fingerprint density at radius 2 is 1.97 bits per heavy atom. The summed E-state index contributed by atoms with van der Waals surface area (Å²) < 4.78 is 27.3. The van der Waals surface area contributed by atoms with E-state index < -0.39 is 15.6 Å². The number of oxime groups is 1. The average Bonchev–Trinajstić information content (AvgIpc) is 3.12. The molecule has 2 aliphatic heterocycles. The molecule has 29 heavy (non-hydrogen) atoms. The molecule has 0 aromatic heterocycles. The van der Waals surface area contributed by atoms with Crippen LogP contribution in [-0.4, -0.2) is 43.0 Å². The first-order chi connectivity index (χ1) is 13.9. The Labute approximate surface area is 174 Å². The molecule has 7 nitrogen and oxygen atoms in total. The SMILES string of the molecule is O=C(Nc1cccc(Cl)c1)C1=NO[C@]2(CCCN(S(=O)(=O)c3ccccc3)C2)C1. The van der Waals surface area contributed by atoms with Crippen molar-refractivity contribution in [3.05, 3.63) is 59.6 Å². The van der Waals surface area contributed by atoms with Gasteiger partial charge in [-0.05, 0) is 43.2 Å². The normalized spacial score (nSPS) is 22.2. The van der Waals surface area contributed by atoms with Crippen molar-refractivity contribution in [2.24, 2.45) is 5.16 Å². The van der Waals surface area contributed by atoms with Crippen molar-refractivity contribution >= 4 is 38.9 Å². The largest absolute Gasteiger partial charge is 0.387 e. The Kier molecular flexibility index (Phi) is 5.33. The number of sulfonamides is 1. The standard InChI is InChI=1S/C20H20ClN3O4S/c21-15-6-4-7-16(12-15)22-19(25)18-13-20(28-23-18)10-5-11-24(14-20)29(26,27)17-8-2-1-3-9-17/h1-4,6-9,12H,5,10-11,13-14H2,(H,22,25)/t20-/m1/s1. The van der Waals surface area contributed by atoms with E-state index >= 15 is 0 Å². The van der Waals surface area contributed by atoms with Gasteiger partial charge in [0.2, 0.25) is 10.0 Å². The number of nitrogens with one attached hydrogen (secondary N) is 1. The summed E-state index contributed by atoms with van der Waals surface area (Å²) in [7, 11) is -3.63. The van der Waals surface area contributed by atoms with Crippen LogP contribution in [0.15, 0.2) is 64.6 Å². The molecule has 2 aromatic carbocycles. The Morgan fingerprint density at radius 1 is 1.17 bits per heavy atom. The van der Waals surface area contributed by atoms with Crippen LogP contribution in [-0.2, 0) is 19.7 Å². The molecule has 1 amide bonds. The lowest BCUT2D eigenvalue weighted by Crippen LogP contribution is -2.50. The predicted molar refractivity (Wildman–Crippen MR) is 110 cm³/mol. The maximum Gasteiger partial charge on any atom is 0.273 e. The number of anilines is 1. The fourth-order valence-electron chi connectivity index (χ4n) is 3.64. The Hall–Kier alpha value is -2.42. The highest BCUT2D eigenvalue weighted by Crippen LogP contribution is 2.35. The van der Waals surface area contributed by atoms with E-state index in [2.05, 4.69) is 10.5 Å². The average molecular weight is 434 g/mol. The Morgan fingerprint density at radius 3 is 2.72 bits per heavy atom. The van der Waals surface area contributed by atoms with Crippen LogP contribution < -0.4 is 5.32 Å². The van der Waals surface area contributed by atoms with Crippen LogP contribution in [0.1, 0.15) is 19.3 Å². The minimum absolute atomic E-state index is 0.154. The second-order valence-electron chi connectivity index (χ2n) is 7.21. The third-order valence-electron chi connectivity index (χ3n) is 5.07. The summed E-state index contributed by atoms with van der Waals surface area (Å²) in [4.78, 5) is 18.4. The van der Waals surface area contributed by atoms with Gasteiger partial charge in [-0.25, -0.2) is 8.42 Å². The van der Waals surface area contributed by atoms with E-state index in [0.717, 1.165) is 0 Å². The van der Waals surface area contributed by atoms with Crippen LogP contribution in [0.3, 0.4) is 0 Å². The molecule has 1 saturated heterocycles. The third-order valence-corrected chi connectivity index (χ3v) is 7.16. The molecule has 1 atom stereocenters. The molecule has 1 N–H and O–H groups in total. The number of carbonyl (C=O) groups is 1. The summed E-state index contributed by atoms with van der Waals surface area (Å²) >= 11 is 5.95. The lowest BCUT2D eigenvalue weighted by molar-refractivity contribution is -0.110. The quantitative estimate of drug-likeness (QED) is 0.801. The second-order valence-corrected chi connectivity index (χ2v) is 9.58. The van der Waals surface area contributed by atoms with Gasteiger partial charge in [0.15, 0.2) is 5.60 Å². The summed E-state index contributed by atoms with van der Waals surface area (Å²) in [6.45, 7) is 0.564. The number of hydrogen-bond acceptors (Lipinski definition) is 5. The molecule has 9 heteroatoms. The van der Waals surface area contributed by atoms with Gasteiger partial charge >= 0.3 is 0 Å². The summed E-state index contributed by atoms with van der Waals surface area (Å²) in [6, 6.07) is 15.1. The van der Waals surface area contributed by atoms with E-state index in [1.807, 2.05) is 0 Å². The van der Waals surface area contributed by atoms with Crippen LogP contribution in [0.5, 0.6) is 0 Å². The molecule has 152 valence electrons. The summed E-state index contributed by atoms with van der Waals surface area (Å²) in [6.07, 6.45) is 1.51. The molecule has 0 unspecified atom stereocenters. The van der Waals surface area contributed by atoms with Gasteiger partial charge in [0.05, 0.1) is 11.4 Å². The van der Waals surface area contributed by atoms with Gasteiger partial charge in [0.25, 0.3) is 5.91 Å². The van der Waals surface area contributed by atoms with Gasteiger partial charge in [-0.3, -0.25) is 4.79 Å². The first kappa shape index (κ1) is 19.9. The lowest BCUT2D eigenvalue weighted by Gasteiger charge is -2.37. The maximum atomic E-state index is 13.0. The van der Waals surface area contributed by atoms with E-state index in [1.165, 1.54) is 4.31 Å². The number of benzene rings is 2. The zero-order valence-electron chi connectivity index (χ0n) is 15.5. The molecule has 1 spiro atoms. The number of piperidine rings is 1. The van der Waals surface area contributed by atoms with Gasteiger partial charge in [0.1, 0.15) is 5.71 Å². The van der Waals surface area contributed by atoms with Crippen LogP contribution >= 0.6 is 11.6 Å². The van der Waals surface area contributed by atoms with Crippen molar-refractivity contribution in [3.63, 3.8) is 0 Å². The van der Waals surface area contributed by atoms with Crippen molar-refractivity contribution < 1.29 is 18.0 Å². The fraction of sp³-hybridized carbons (Fsp3) is 0.300. The van der Waals surface area contributed by atoms with Gasteiger partial charge in [0, 0.05) is 23.7 Å². The topological polar surface area (TPSA) is 88.1 Å². The molecule has 2 aliphatic rings. The van der Waals surface area contributed by atoms with Crippen LogP contribution in [0.2, 0.25) is 5.02 Å². The highest BCUT2D eigenvalue weighted by atomic mass is 35.5. The van der Waals surface area contributed by atoms with E-state index in [0.29, 0.717) is 30.1 Å². The Bertz CT molecular complexity index is 1060. The monoisotopic (exact) mass is 433 g/mol. The van der Waals surface area contributed by atoms with Crippen molar-refractivity contribution in [2.45, 2.75) is 29.8 Å². The van der Waals surface area contributed by atoms with Crippen LogP contribution in [0, 0.1) is 0 Å². The molecule has 2 heterocycles. The van der Waals surface area contributed by atoms with E-state index in [1.54, 1.807) is 54.6 Å². The van der Waals surface area contributed by atoms with E-state index in [-0.39, 0.29) is 29.5 Å². The molecule has 4 rings (SSSR count). The first-order valence-corrected chi connectivity index (χ1v) is 11.1. The molecule has 2 aromatic rings. The molecule has 0 saturated carbocycles. The van der Waals surface area contributed by atoms with Gasteiger partial charge in [-0.15, -0.1) is 0 Å².